The van der Waals surface area contributed by atoms with E-state index >= 15 is 0 Å². The first kappa shape index (κ1) is 21.8. The van der Waals surface area contributed by atoms with Gasteiger partial charge in [0, 0.05) is 57.0 Å². The Balaban J connectivity index is 1.45. The molecule has 160 valence electrons. The lowest BCUT2D eigenvalue weighted by Crippen LogP contribution is -2.50. The summed E-state index contributed by atoms with van der Waals surface area (Å²) in [7, 11) is -3.66. The second-order valence-electron chi connectivity index (χ2n) is 6.76. The Bertz CT molecular complexity index is 1000. The van der Waals surface area contributed by atoms with Gasteiger partial charge < -0.3 is 5.32 Å². The van der Waals surface area contributed by atoms with E-state index in [9.17, 15) is 27.7 Å². The highest BCUT2D eigenvalue weighted by atomic mass is 32.2. The number of non-ortho nitro benzene ring substituents is 1. The van der Waals surface area contributed by atoms with Crippen LogP contribution in [0.15, 0.2) is 53.4 Å². The maximum Gasteiger partial charge on any atom is 0.269 e. The third-order valence-electron chi connectivity index (χ3n) is 4.84. The van der Waals surface area contributed by atoms with Gasteiger partial charge in [0.2, 0.25) is 10.0 Å². The van der Waals surface area contributed by atoms with Crippen molar-refractivity contribution < 1.29 is 22.5 Å². The first-order valence-corrected chi connectivity index (χ1v) is 10.7. The molecule has 2 aromatic rings. The average molecular weight is 436 g/mol. The number of carbonyl (C=O) groups excluding carboxylic acids is 1. The Kier molecular flexibility index (Phi) is 6.75. The molecule has 1 saturated heterocycles. The predicted octanol–water partition coefficient (Wildman–Crippen LogP) is 1.47. The van der Waals surface area contributed by atoms with E-state index in [0.717, 1.165) is 12.1 Å². The number of rotatable bonds is 7. The van der Waals surface area contributed by atoms with Crippen LogP contribution in [-0.4, -0.2) is 67.7 Å². The number of nitrogens with zero attached hydrogens (tertiary/aromatic N) is 3. The first-order chi connectivity index (χ1) is 14.3. The van der Waals surface area contributed by atoms with Crippen molar-refractivity contribution in [2.24, 2.45) is 0 Å². The molecule has 0 bridgehead atoms. The van der Waals surface area contributed by atoms with E-state index in [1.54, 1.807) is 0 Å². The van der Waals surface area contributed by atoms with Crippen molar-refractivity contribution in [1.82, 2.24) is 14.5 Å². The van der Waals surface area contributed by atoms with Crippen LogP contribution in [0.3, 0.4) is 0 Å². The van der Waals surface area contributed by atoms with Gasteiger partial charge in [-0.05, 0) is 36.4 Å². The maximum absolute atomic E-state index is 13.0. The van der Waals surface area contributed by atoms with E-state index in [1.165, 1.54) is 40.7 Å². The van der Waals surface area contributed by atoms with Crippen LogP contribution in [0.1, 0.15) is 10.4 Å². The molecule has 0 aromatic heterocycles. The van der Waals surface area contributed by atoms with Crippen LogP contribution in [0.4, 0.5) is 10.1 Å². The van der Waals surface area contributed by atoms with Gasteiger partial charge in [-0.2, -0.15) is 4.31 Å². The fourth-order valence-electron chi connectivity index (χ4n) is 3.11. The summed E-state index contributed by atoms with van der Waals surface area (Å²) in [4.78, 5) is 24.3. The van der Waals surface area contributed by atoms with Crippen molar-refractivity contribution in [3.8, 4) is 0 Å². The fourth-order valence-corrected chi connectivity index (χ4v) is 4.54. The zero-order valence-electron chi connectivity index (χ0n) is 16.0. The highest BCUT2D eigenvalue weighted by Gasteiger charge is 2.28. The van der Waals surface area contributed by atoms with E-state index < -0.39 is 20.8 Å². The number of benzene rings is 2. The Morgan fingerprint density at radius 2 is 1.63 bits per heavy atom. The number of hydrogen-bond donors (Lipinski definition) is 1. The van der Waals surface area contributed by atoms with Gasteiger partial charge in [-0.25, -0.2) is 12.8 Å². The summed E-state index contributed by atoms with van der Waals surface area (Å²) >= 11 is 0. The highest BCUT2D eigenvalue weighted by Crippen LogP contribution is 2.18. The van der Waals surface area contributed by atoms with Crippen LogP contribution in [0, 0.1) is 15.9 Å². The van der Waals surface area contributed by atoms with Crippen molar-refractivity contribution >= 4 is 21.6 Å². The van der Waals surface area contributed by atoms with Crippen LogP contribution in [0.25, 0.3) is 0 Å². The molecule has 1 aliphatic rings. The van der Waals surface area contributed by atoms with Gasteiger partial charge in [0.1, 0.15) is 5.82 Å². The Morgan fingerprint density at radius 1 is 1.03 bits per heavy atom. The molecule has 1 aliphatic heterocycles. The van der Waals surface area contributed by atoms with E-state index in [4.69, 9.17) is 0 Å². The SMILES string of the molecule is O=C(NCCN1CCN(S(=O)(=O)c2ccc(F)cc2)CC1)c1ccc([N+](=O)[O-])cc1. The average Bonchev–Trinajstić information content (AvgIpc) is 2.74. The van der Waals surface area contributed by atoms with E-state index in [1.807, 2.05) is 4.90 Å². The number of carbonyl (C=O) groups is 1. The van der Waals surface area contributed by atoms with Gasteiger partial charge in [-0.3, -0.25) is 19.8 Å². The smallest absolute Gasteiger partial charge is 0.269 e. The molecule has 11 heteroatoms. The number of nitro benzene ring substituents is 1. The lowest BCUT2D eigenvalue weighted by atomic mass is 10.2. The summed E-state index contributed by atoms with van der Waals surface area (Å²) in [6.45, 7) is 2.53. The molecular weight excluding hydrogens is 415 g/mol. The van der Waals surface area contributed by atoms with Crippen molar-refractivity contribution in [2.45, 2.75) is 4.90 Å². The van der Waals surface area contributed by atoms with E-state index in [-0.39, 0.29) is 16.5 Å². The number of halogens is 1. The molecular formula is C19H21FN4O5S. The molecule has 0 unspecified atom stereocenters. The van der Waals surface area contributed by atoms with Gasteiger partial charge in [0.25, 0.3) is 11.6 Å². The van der Waals surface area contributed by atoms with Crippen LogP contribution in [0.5, 0.6) is 0 Å². The molecule has 0 aliphatic carbocycles. The number of nitro groups is 1. The first-order valence-electron chi connectivity index (χ1n) is 9.28. The van der Waals surface area contributed by atoms with Gasteiger partial charge in [0.05, 0.1) is 9.82 Å². The van der Waals surface area contributed by atoms with Crippen molar-refractivity contribution in [1.29, 1.82) is 0 Å². The second-order valence-corrected chi connectivity index (χ2v) is 8.70. The summed E-state index contributed by atoms with van der Waals surface area (Å²) in [6, 6.07) is 10.1. The minimum absolute atomic E-state index is 0.0627. The largest absolute Gasteiger partial charge is 0.351 e. The summed E-state index contributed by atoms with van der Waals surface area (Å²) < 4.78 is 39.6. The normalized spacial score (nSPS) is 15.6. The minimum atomic E-state index is -3.66. The number of hydrogen-bond acceptors (Lipinski definition) is 6. The van der Waals surface area contributed by atoms with Gasteiger partial charge in [0.15, 0.2) is 0 Å². The topological polar surface area (TPSA) is 113 Å². The predicted molar refractivity (Wildman–Crippen MR) is 107 cm³/mol. The Labute approximate surface area is 173 Å². The van der Waals surface area contributed by atoms with Crippen LogP contribution in [-0.2, 0) is 10.0 Å². The maximum atomic E-state index is 13.0. The number of nitrogens with one attached hydrogen (secondary N) is 1. The van der Waals surface area contributed by atoms with Crippen LogP contribution in [0.2, 0.25) is 0 Å². The van der Waals surface area contributed by atoms with Gasteiger partial charge >= 0.3 is 0 Å². The van der Waals surface area contributed by atoms with E-state index in [0.29, 0.717) is 44.8 Å². The Hall–Kier alpha value is -2.89. The molecule has 2 aromatic carbocycles. The molecule has 0 spiro atoms. The number of amides is 1. The van der Waals surface area contributed by atoms with Gasteiger partial charge in [-0.1, -0.05) is 0 Å². The number of piperazine rings is 1. The molecule has 3 rings (SSSR count). The van der Waals surface area contributed by atoms with Crippen molar-refractivity contribution in [2.75, 3.05) is 39.3 Å². The molecule has 0 saturated carbocycles. The van der Waals surface area contributed by atoms with Gasteiger partial charge in [-0.15, -0.1) is 0 Å². The standard InChI is InChI=1S/C19H21FN4O5S/c20-16-3-7-18(8-4-16)30(28,29)23-13-11-22(12-14-23)10-9-21-19(25)15-1-5-17(6-2-15)24(26)27/h1-8H,9-14H2,(H,21,25). The molecule has 1 N–H and O–H groups in total. The summed E-state index contributed by atoms with van der Waals surface area (Å²) in [6.07, 6.45) is 0. The fraction of sp³-hybridized carbons (Fsp3) is 0.316. The number of sulfonamides is 1. The monoisotopic (exact) mass is 436 g/mol. The molecule has 30 heavy (non-hydrogen) atoms. The third kappa shape index (κ3) is 5.17. The van der Waals surface area contributed by atoms with Crippen molar-refractivity contribution in [3.05, 3.63) is 70.0 Å². The molecule has 0 atom stereocenters. The van der Waals surface area contributed by atoms with Crippen LogP contribution >= 0.6 is 0 Å². The zero-order chi connectivity index (χ0) is 21.7. The molecule has 1 amide bonds. The molecule has 0 radical (unpaired) electrons. The van der Waals surface area contributed by atoms with Crippen LogP contribution < -0.4 is 5.32 Å². The highest BCUT2D eigenvalue weighted by molar-refractivity contribution is 7.89. The second kappa shape index (κ2) is 9.28. The third-order valence-corrected chi connectivity index (χ3v) is 6.75. The summed E-state index contributed by atoms with van der Waals surface area (Å²) in [5.41, 5.74) is 0.246. The zero-order valence-corrected chi connectivity index (χ0v) is 16.8. The lowest BCUT2D eigenvalue weighted by molar-refractivity contribution is -0.384. The minimum Gasteiger partial charge on any atom is -0.351 e. The summed E-state index contributed by atoms with van der Waals surface area (Å²) in [5.74, 6) is -0.822. The lowest BCUT2D eigenvalue weighted by Gasteiger charge is -2.33. The van der Waals surface area contributed by atoms with Crippen molar-refractivity contribution in [3.63, 3.8) is 0 Å². The Morgan fingerprint density at radius 3 is 2.20 bits per heavy atom. The molecule has 1 heterocycles. The molecule has 1 fully saturated rings. The molecule has 9 nitrogen and oxygen atoms in total. The summed E-state index contributed by atoms with van der Waals surface area (Å²) in [5, 5.41) is 13.4. The quantitative estimate of drug-likeness (QED) is 0.520. The van der Waals surface area contributed by atoms with E-state index in [2.05, 4.69) is 5.32 Å².